The second kappa shape index (κ2) is 10.3. The van der Waals surface area contributed by atoms with Crippen molar-refractivity contribution in [2.75, 3.05) is 20.2 Å². The third kappa shape index (κ3) is 7.01. The lowest BCUT2D eigenvalue weighted by molar-refractivity contribution is -0.153. The SMILES string of the molecule is CCC(NC(=O)COC(=O)[C@@H]1CCCN1C(=O)OC(C)(C)C)[C@H](C)C(=O)NC. The Labute approximate surface area is 166 Å². The van der Waals surface area contributed by atoms with Crippen LogP contribution in [0.3, 0.4) is 0 Å². The van der Waals surface area contributed by atoms with Crippen LogP contribution in [0.1, 0.15) is 53.9 Å². The van der Waals surface area contributed by atoms with Crippen LogP contribution in [0.15, 0.2) is 0 Å². The third-order valence-electron chi connectivity index (χ3n) is 4.55. The lowest BCUT2D eigenvalue weighted by Crippen LogP contribution is -2.47. The fraction of sp³-hybridized carbons (Fsp3) is 0.789. The molecule has 0 radical (unpaired) electrons. The predicted molar refractivity (Wildman–Crippen MR) is 102 cm³/mol. The number of rotatable bonds is 7. The molecule has 2 N–H and O–H groups in total. The van der Waals surface area contributed by atoms with E-state index in [4.69, 9.17) is 9.47 Å². The van der Waals surface area contributed by atoms with Gasteiger partial charge in [0, 0.05) is 19.6 Å². The predicted octanol–water partition coefficient (Wildman–Crippen LogP) is 1.21. The van der Waals surface area contributed by atoms with E-state index in [1.165, 1.54) is 11.9 Å². The molecule has 1 aliphatic rings. The van der Waals surface area contributed by atoms with Crippen LogP contribution in [0.4, 0.5) is 4.79 Å². The summed E-state index contributed by atoms with van der Waals surface area (Å²) in [6.45, 7) is 8.77. The normalized spacial score (nSPS) is 18.8. The summed E-state index contributed by atoms with van der Waals surface area (Å²) >= 11 is 0. The summed E-state index contributed by atoms with van der Waals surface area (Å²) in [4.78, 5) is 49.8. The minimum atomic E-state index is -0.755. The first-order chi connectivity index (χ1) is 13.0. The van der Waals surface area contributed by atoms with E-state index in [2.05, 4.69) is 10.6 Å². The molecule has 1 rings (SSSR count). The van der Waals surface area contributed by atoms with Crippen LogP contribution in [0.5, 0.6) is 0 Å². The zero-order valence-corrected chi connectivity index (χ0v) is 17.7. The Bertz CT molecular complexity index is 587. The van der Waals surface area contributed by atoms with Gasteiger partial charge >= 0.3 is 12.1 Å². The van der Waals surface area contributed by atoms with Gasteiger partial charge in [0.1, 0.15) is 11.6 Å². The first kappa shape index (κ1) is 23.7. The van der Waals surface area contributed by atoms with Crippen molar-refractivity contribution in [2.24, 2.45) is 5.92 Å². The van der Waals surface area contributed by atoms with Crippen LogP contribution < -0.4 is 10.6 Å². The fourth-order valence-corrected chi connectivity index (χ4v) is 3.02. The van der Waals surface area contributed by atoms with Gasteiger partial charge < -0.3 is 20.1 Å². The first-order valence-electron chi connectivity index (χ1n) is 9.67. The molecule has 28 heavy (non-hydrogen) atoms. The minimum absolute atomic E-state index is 0.178. The average molecular weight is 399 g/mol. The molecule has 0 aromatic heterocycles. The van der Waals surface area contributed by atoms with E-state index in [1.54, 1.807) is 27.7 Å². The molecule has 9 nitrogen and oxygen atoms in total. The molecule has 0 bridgehead atoms. The Balaban J connectivity index is 2.57. The zero-order valence-electron chi connectivity index (χ0n) is 17.7. The summed E-state index contributed by atoms with van der Waals surface area (Å²) in [5.74, 6) is -1.71. The molecule has 0 aromatic rings. The molecular weight excluding hydrogens is 366 g/mol. The van der Waals surface area contributed by atoms with E-state index in [0.717, 1.165) is 0 Å². The zero-order chi connectivity index (χ0) is 21.5. The Morgan fingerprint density at radius 2 is 1.86 bits per heavy atom. The van der Waals surface area contributed by atoms with Gasteiger partial charge in [-0.3, -0.25) is 14.5 Å². The van der Waals surface area contributed by atoms with Crippen LogP contribution >= 0.6 is 0 Å². The van der Waals surface area contributed by atoms with Crippen LogP contribution in [-0.4, -0.2) is 66.7 Å². The van der Waals surface area contributed by atoms with Gasteiger partial charge in [0.15, 0.2) is 6.61 Å². The van der Waals surface area contributed by atoms with E-state index in [9.17, 15) is 19.2 Å². The molecule has 1 unspecified atom stereocenters. The highest BCUT2D eigenvalue weighted by molar-refractivity contribution is 5.86. The highest BCUT2D eigenvalue weighted by Gasteiger charge is 2.38. The summed E-state index contributed by atoms with van der Waals surface area (Å²) in [6, 6.07) is -1.12. The Hall–Kier alpha value is -2.32. The van der Waals surface area contributed by atoms with Crippen molar-refractivity contribution in [3.8, 4) is 0 Å². The molecule has 3 amide bonds. The molecule has 0 saturated carbocycles. The van der Waals surface area contributed by atoms with Crippen molar-refractivity contribution in [3.05, 3.63) is 0 Å². The number of likely N-dealkylation sites (tertiary alicyclic amines) is 1. The van der Waals surface area contributed by atoms with Crippen LogP contribution in [0.2, 0.25) is 0 Å². The molecule has 1 saturated heterocycles. The van der Waals surface area contributed by atoms with Gasteiger partial charge in [-0.05, 0) is 40.0 Å². The monoisotopic (exact) mass is 399 g/mol. The Kier molecular flexibility index (Phi) is 8.71. The van der Waals surface area contributed by atoms with Gasteiger partial charge in [0.2, 0.25) is 5.91 Å². The maximum absolute atomic E-state index is 12.4. The molecule has 160 valence electrons. The Morgan fingerprint density at radius 1 is 1.21 bits per heavy atom. The number of amides is 3. The average Bonchev–Trinajstić information content (AvgIpc) is 3.11. The molecule has 3 atom stereocenters. The summed E-state index contributed by atoms with van der Waals surface area (Å²) in [5, 5.41) is 5.26. The van der Waals surface area contributed by atoms with Crippen LogP contribution in [0, 0.1) is 5.92 Å². The summed E-state index contributed by atoms with van der Waals surface area (Å²) in [7, 11) is 1.53. The van der Waals surface area contributed by atoms with Crippen molar-refractivity contribution >= 4 is 23.9 Å². The number of hydrogen-bond acceptors (Lipinski definition) is 6. The van der Waals surface area contributed by atoms with Crippen LogP contribution in [-0.2, 0) is 23.9 Å². The van der Waals surface area contributed by atoms with Crippen molar-refractivity contribution < 1.29 is 28.7 Å². The number of esters is 1. The summed E-state index contributed by atoms with van der Waals surface area (Å²) in [5.41, 5.74) is -0.662. The maximum atomic E-state index is 12.4. The minimum Gasteiger partial charge on any atom is -0.454 e. The van der Waals surface area contributed by atoms with E-state index in [0.29, 0.717) is 25.8 Å². The van der Waals surface area contributed by atoms with Gasteiger partial charge in [-0.15, -0.1) is 0 Å². The molecule has 1 aliphatic heterocycles. The number of ether oxygens (including phenoxy) is 2. The smallest absolute Gasteiger partial charge is 0.411 e. The molecule has 1 fully saturated rings. The number of carbonyl (C=O) groups is 4. The van der Waals surface area contributed by atoms with Gasteiger partial charge in [0.05, 0.1) is 5.92 Å². The van der Waals surface area contributed by atoms with Crippen molar-refractivity contribution in [1.82, 2.24) is 15.5 Å². The number of nitrogens with zero attached hydrogens (tertiary/aromatic N) is 1. The third-order valence-corrected chi connectivity index (χ3v) is 4.55. The second-order valence-electron chi connectivity index (χ2n) is 7.92. The lowest BCUT2D eigenvalue weighted by Gasteiger charge is -2.27. The second-order valence-corrected chi connectivity index (χ2v) is 7.92. The van der Waals surface area contributed by atoms with E-state index in [-0.39, 0.29) is 11.9 Å². The van der Waals surface area contributed by atoms with Crippen molar-refractivity contribution in [3.63, 3.8) is 0 Å². The van der Waals surface area contributed by atoms with Crippen molar-refractivity contribution in [2.45, 2.75) is 71.6 Å². The van der Waals surface area contributed by atoms with E-state index >= 15 is 0 Å². The molecular formula is C19H33N3O6. The molecule has 0 aliphatic carbocycles. The highest BCUT2D eigenvalue weighted by atomic mass is 16.6. The van der Waals surface area contributed by atoms with Crippen LogP contribution in [0.25, 0.3) is 0 Å². The quantitative estimate of drug-likeness (QED) is 0.622. The number of nitrogens with one attached hydrogen (secondary N) is 2. The first-order valence-corrected chi connectivity index (χ1v) is 9.67. The topological polar surface area (TPSA) is 114 Å². The van der Waals surface area contributed by atoms with Gasteiger partial charge in [-0.25, -0.2) is 9.59 Å². The van der Waals surface area contributed by atoms with Gasteiger partial charge in [-0.1, -0.05) is 13.8 Å². The van der Waals surface area contributed by atoms with E-state index < -0.39 is 42.1 Å². The van der Waals surface area contributed by atoms with Gasteiger partial charge in [-0.2, -0.15) is 0 Å². The number of hydrogen-bond donors (Lipinski definition) is 2. The summed E-state index contributed by atoms with van der Waals surface area (Å²) in [6.07, 6.45) is 1.11. The maximum Gasteiger partial charge on any atom is 0.411 e. The highest BCUT2D eigenvalue weighted by Crippen LogP contribution is 2.21. The molecule has 9 heteroatoms. The Morgan fingerprint density at radius 3 is 2.39 bits per heavy atom. The molecule has 0 aromatic carbocycles. The number of carbonyl (C=O) groups excluding carboxylic acids is 4. The van der Waals surface area contributed by atoms with E-state index in [1.807, 2.05) is 6.92 Å². The largest absolute Gasteiger partial charge is 0.454 e. The summed E-state index contributed by atoms with van der Waals surface area (Å²) < 4.78 is 10.4. The lowest BCUT2D eigenvalue weighted by atomic mass is 9.98. The van der Waals surface area contributed by atoms with Gasteiger partial charge in [0.25, 0.3) is 5.91 Å². The standard InChI is InChI=1S/C19H33N3O6/c1-7-13(12(2)16(24)20-6)21-15(23)11-27-17(25)14-9-8-10-22(14)18(26)28-19(3,4)5/h12-14H,7-11H2,1-6H3,(H,20,24)(H,21,23)/t12-,13?,14-/m0/s1. The molecule has 0 spiro atoms. The fourth-order valence-electron chi connectivity index (χ4n) is 3.02. The van der Waals surface area contributed by atoms with Crippen molar-refractivity contribution in [1.29, 1.82) is 0 Å². The molecule has 1 heterocycles.